The summed E-state index contributed by atoms with van der Waals surface area (Å²) < 4.78 is 10.1. The molecule has 0 radical (unpaired) electrons. The highest BCUT2D eigenvalue weighted by atomic mass is 16.6. The average Bonchev–Trinajstić information content (AvgIpc) is 2.37. The Bertz CT molecular complexity index is 490. The summed E-state index contributed by atoms with van der Waals surface area (Å²) in [7, 11) is 1.54. The van der Waals surface area contributed by atoms with Crippen LogP contribution in [0.1, 0.15) is 32.3 Å². The molecular weight excluding hydrogens is 274 g/mol. The van der Waals surface area contributed by atoms with E-state index in [1.807, 2.05) is 0 Å². The van der Waals surface area contributed by atoms with Crippen LogP contribution >= 0.6 is 0 Å². The first kappa shape index (κ1) is 16.8. The first-order valence-corrected chi connectivity index (χ1v) is 6.56. The SMILES string of the molecule is COc1ccc(C(CNC(=O)OC(C)(C)C)C(=O)O)cc1. The number of benzene rings is 1. The first-order valence-electron chi connectivity index (χ1n) is 6.56. The number of carbonyl (C=O) groups excluding carboxylic acids is 1. The van der Waals surface area contributed by atoms with Crippen molar-refractivity contribution in [1.82, 2.24) is 5.32 Å². The fraction of sp³-hybridized carbons (Fsp3) is 0.467. The molecule has 21 heavy (non-hydrogen) atoms. The number of nitrogens with one attached hydrogen (secondary N) is 1. The smallest absolute Gasteiger partial charge is 0.407 e. The van der Waals surface area contributed by atoms with Gasteiger partial charge in [-0.1, -0.05) is 12.1 Å². The van der Waals surface area contributed by atoms with Gasteiger partial charge in [-0.05, 0) is 38.5 Å². The molecule has 0 aliphatic heterocycles. The molecule has 1 aromatic rings. The predicted molar refractivity (Wildman–Crippen MR) is 77.6 cm³/mol. The second-order valence-electron chi connectivity index (χ2n) is 5.55. The van der Waals surface area contributed by atoms with Gasteiger partial charge in [0.05, 0.1) is 13.0 Å². The van der Waals surface area contributed by atoms with Crippen LogP contribution in [0.25, 0.3) is 0 Å². The van der Waals surface area contributed by atoms with Crippen molar-refractivity contribution >= 4 is 12.1 Å². The fourth-order valence-electron chi connectivity index (χ4n) is 1.68. The Balaban J connectivity index is 2.70. The highest BCUT2D eigenvalue weighted by Gasteiger charge is 2.22. The van der Waals surface area contributed by atoms with E-state index in [2.05, 4.69) is 5.32 Å². The van der Waals surface area contributed by atoms with Gasteiger partial charge >= 0.3 is 12.1 Å². The lowest BCUT2D eigenvalue weighted by Crippen LogP contribution is -2.36. The molecule has 2 N–H and O–H groups in total. The Hall–Kier alpha value is -2.24. The molecule has 1 unspecified atom stereocenters. The van der Waals surface area contributed by atoms with Crippen molar-refractivity contribution in [2.24, 2.45) is 0 Å². The molecule has 116 valence electrons. The van der Waals surface area contributed by atoms with Crippen molar-refractivity contribution in [1.29, 1.82) is 0 Å². The summed E-state index contributed by atoms with van der Waals surface area (Å²) in [6.45, 7) is 5.18. The number of aliphatic carboxylic acids is 1. The van der Waals surface area contributed by atoms with E-state index in [0.29, 0.717) is 11.3 Å². The van der Waals surface area contributed by atoms with Crippen LogP contribution in [0.2, 0.25) is 0 Å². The Morgan fingerprint density at radius 1 is 1.24 bits per heavy atom. The molecule has 0 aromatic heterocycles. The van der Waals surface area contributed by atoms with Gasteiger partial charge in [0, 0.05) is 6.54 Å². The summed E-state index contributed by atoms with van der Waals surface area (Å²) in [6.07, 6.45) is -0.637. The van der Waals surface area contributed by atoms with Crippen molar-refractivity contribution in [3.63, 3.8) is 0 Å². The van der Waals surface area contributed by atoms with Gasteiger partial charge in [0.15, 0.2) is 0 Å². The number of rotatable bonds is 5. The number of carboxylic acids is 1. The molecule has 1 atom stereocenters. The largest absolute Gasteiger partial charge is 0.497 e. The Labute approximate surface area is 124 Å². The molecule has 6 heteroatoms. The quantitative estimate of drug-likeness (QED) is 0.871. The lowest BCUT2D eigenvalue weighted by atomic mass is 9.99. The molecule has 0 spiro atoms. The lowest BCUT2D eigenvalue weighted by molar-refractivity contribution is -0.138. The van der Waals surface area contributed by atoms with E-state index in [1.54, 1.807) is 45.0 Å². The molecule has 0 saturated heterocycles. The fourth-order valence-corrected chi connectivity index (χ4v) is 1.68. The van der Waals surface area contributed by atoms with Crippen molar-refractivity contribution in [2.75, 3.05) is 13.7 Å². The summed E-state index contributed by atoms with van der Waals surface area (Å²) in [4.78, 5) is 22.9. The van der Waals surface area contributed by atoms with Gasteiger partial charge in [-0.25, -0.2) is 4.79 Å². The van der Waals surface area contributed by atoms with Crippen molar-refractivity contribution in [2.45, 2.75) is 32.3 Å². The van der Waals surface area contributed by atoms with E-state index in [0.717, 1.165) is 0 Å². The van der Waals surface area contributed by atoms with Gasteiger partial charge in [0.2, 0.25) is 0 Å². The summed E-state index contributed by atoms with van der Waals surface area (Å²) >= 11 is 0. The molecule has 1 amide bonds. The first-order chi connectivity index (χ1) is 9.73. The molecule has 0 saturated carbocycles. The van der Waals surface area contributed by atoms with Gasteiger partial charge < -0.3 is 19.9 Å². The lowest BCUT2D eigenvalue weighted by Gasteiger charge is -2.21. The van der Waals surface area contributed by atoms with Crippen LogP contribution in [0, 0.1) is 0 Å². The van der Waals surface area contributed by atoms with Crippen LogP contribution in [0.3, 0.4) is 0 Å². The van der Waals surface area contributed by atoms with Crippen LogP contribution < -0.4 is 10.1 Å². The second-order valence-corrected chi connectivity index (χ2v) is 5.55. The third kappa shape index (κ3) is 5.72. The highest BCUT2D eigenvalue weighted by molar-refractivity contribution is 5.77. The molecule has 6 nitrogen and oxygen atoms in total. The van der Waals surface area contributed by atoms with Crippen LogP contribution in [-0.4, -0.2) is 36.4 Å². The van der Waals surface area contributed by atoms with Crippen LogP contribution in [0.15, 0.2) is 24.3 Å². The third-order valence-corrected chi connectivity index (χ3v) is 2.67. The zero-order valence-corrected chi connectivity index (χ0v) is 12.7. The summed E-state index contributed by atoms with van der Waals surface area (Å²) in [5.74, 6) is -1.22. The molecule has 0 aliphatic carbocycles. The number of carbonyl (C=O) groups is 2. The number of methoxy groups -OCH3 is 1. The molecule has 0 heterocycles. The van der Waals surface area contributed by atoms with Gasteiger partial charge in [-0.2, -0.15) is 0 Å². The monoisotopic (exact) mass is 295 g/mol. The maximum Gasteiger partial charge on any atom is 0.407 e. The van der Waals surface area contributed by atoms with E-state index in [9.17, 15) is 14.7 Å². The Morgan fingerprint density at radius 3 is 2.24 bits per heavy atom. The number of alkyl carbamates (subject to hydrolysis) is 1. The van der Waals surface area contributed by atoms with Crippen molar-refractivity contribution < 1.29 is 24.2 Å². The van der Waals surface area contributed by atoms with Crippen molar-refractivity contribution in [3.8, 4) is 5.75 Å². The Morgan fingerprint density at radius 2 is 1.81 bits per heavy atom. The number of carboxylic acid groups (broad SMARTS) is 1. The normalized spacial score (nSPS) is 12.4. The zero-order chi connectivity index (χ0) is 16.0. The number of hydrogen-bond acceptors (Lipinski definition) is 4. The van der Waals surface area contributed by atoms with E-state index in [-0.39, 0.29) is 6.54 Å². The van der Waals surface area contributed by atoms with Gasteiger partial charge in [-0.15, -0.1) is 0 Å². The maximum absolute atomic E-state index is 11.6. The van der Waals surface area contributed by atoms with Crippen LogP contribution in [0.5, 0.6) is 5.75 Å². The van der Waals surface area contributed by atoms with Gasteiger partial charge in [-0.3, -0.25) is 4.79 Å². The molecule has 0 aliphatic rings. The maximum atomic E-state index is 11.6. The molecule has 1 aromatic carbocycles. The van der Waals surface area contributed by atoms with Crippen molar-refractivity contribution in [3.05, 3.63) is 29.8 Å². The predicted octanol–water partition coefficient (Wildman–Crippen LogP) is 2.39. The second kappa shape index (κ2) is 6.97. The highest BCUT2D eigenvalue weighted by Crippen LogP contribution is 2.19. The van der Waals surface area contributed by atoms with Crippen LogP contribution in [0.4, 0.5) is 4.79 Å². The zero-order valence-electron chi connectivity index (χ0n) is 12.7. The minimum absolute atomic E-state index is 0.0451. The molecule has 1 rings (SSSR count). The van der Waals surface area contributed by atoms with E-state index in [4.69, 9.17) is 9.47 Å². The van der Waals surface area contributed by atoms with Gasteiger partial charge in [0.1, 0.15) is 11.4 Å². The van der Waals surface area contributed by atoms with E-state index >= 15 is 0 Å². The summed E-state index contributed by atoms with van der Waals surface area (Å²) in [5, 5.41) is 11.7. The van der Waals surface area contributed by atoms with E-state index < -0.39 is 23.6 Å². The third-order valence-electron chi connectivity index (χ3n) is 2.67. The molecule has 0 fully saturated rings. The summed E-state index contributed by atoms with van der Waals surface area (Å²) in [5.41, 5.74) is -0.0394. The number of ether oxygens (including phenoxy) is 2. The topological polar surface area (TPSA) is 84.9 Å². The molecular formula is C15H21NO5. The number of hydrogen-bond donors (Lipinski definition) is 2. The van der Waals surface area contributed by atoms with Gasteiger partial charge in [0.25, 0.3) is 0 Å². The Kier molecular flexibility index (Phi) is 5.58. The minimum Gasteiger partial charge on any atom is -0.497 e. The van der Waals surface area contributed by atoms with E-state index in [1.165, 1.54) is 7.11 Å². The van der Waals surface area contributed by atoms with Crippen LogP contribution in [-0.2, 0) is 9.53 Å². The summed E-state index contributed by atoms with van der Waals surface area (Å²) in [6, 6.07) is 6.68. The minimum atomic E-state index is -1.02. The average molecular weight is 295 g/mol. The standard InChI is InChI=1S/C15H21NO5/c1-15(2,3)21-14(19)16-9-12(13(17)18)10-5-7-11(20-4)8-6-10/h5-8,12H,9H2,1-4H3,(H,16,19)(H,17,18). The number of amides is 1. The molecule has 0 bridgehead atoms.